The van der Waals surface area contributed by atoms with E-state index in [2.05, 4.69) is 20.6 Å². The second-order valence-corrected chi connectivity index (χ2v) is 8.71. The number of aromatic amines is 1. The van der Waals surface area contributed by atoms with Crippen molar-refractivity contribution in [2.45, 2.75) is 45.7 Å². The van der Waals surface area contributed by atoms with Gasteiger partial charge in [0.05, 0.1) is 30.5 Å². The summed E-state index contributed by atoms with van der Waals surface area (Å²) in [7, 11) is 0. The maximum Gasteiger partial charge on any atom is 0.226 e. The SMILES string of the molecule is Cc1c(O)[nH]c(O)c1C(=O)[C@H](NC(=O)C[C@H](NC(=O)Cc1ccccn1)c1ccccc1)C(C)C. The Morgan fingerprint density at radius 3 is 2.20 bits per heavy atom. The van der Waals surface area contributed by atoms with E-state index in [1.807, 2.05) is 30.3 Å². The van der Waals surface area contributed by atoms with Crippen LogP contribution in [0, 0.1) is 12.8 Å². The first kappa shape index (κ1) is 25.5. The van der Waals surface area contributed by atoms with Crippen LogP contribution in [0.2, 0.25) is 0 Å². The van der Waals surface area contributed by atoms with E-state index in [1.54, 1.807) is 38.2 Å². The fraction of sp³-hybridized carbons (Fsp3) is 0.308. The third-order valence-electron chi connectivity index (χ3n) is 5.71. The van der Waals surface area contributed by atoms with Crippen LogP contribution in [0.5, 0.6) is 11.8 Å². The number of nitrogens with zero attached hydrogens (tertiary/aromatic N) is 1. The van der Waals surface area contributed by atoms with Gasteiger partial charge in [0.25, 0.3) is 0 Å². The van der Waals surface area contributed by atoms with Crippen LogP contribution in [0.15, 0.2) is 54.7 Å². The summed E-state index contributed by atoms with van der Waals surface area (Å²) in [6.45, 7) is 5.04. The summed E-state index contributed by atoms with van der Waals surface area (Å²) >= 11 is 0. The van der Waals surface area contributed by atoms with E-state index in [0.717, 1.165) is 5.56 Å². The van der Waals surface area contributed by atoms with Crippen LogP contribution in [0.25, 0.3) is 0 Å². The first-order chi connectivity index (χ1) is 16.7. The van der Waals surface area contributed by atoms with Crippen molar-refractivity contribution in [3.8, 4) is 11.8 Å². The van der Waals surface area contributed by atoms with Crippen molar-refractivity contribution in [2.24, 2.45) is 5.92 Å². The van der Waals surface area contributed by atoms with E-state index in [1.165, 1.54) is 6.92 Å². The van der Waals surface area contributed by atoms with Crippen molar-refractivity contribution in [3.05, 3.63) is 77.1 Å². The first-order valence-corrected chi connectivity index (χ1v) is 11.4. The van der Waals surface area contributed by atoms with Gasteiger partial charge in [0, 0.05) is 17.5 Å². The van der Waals surface area contributed by atoms with Crippen molar-refractivity contribution >= 4 is 17.6 Å². The van der Waals surface area contributed by atoms with Gasteiger partial charge in [-0.1, -0.05) is 50.2 Å². The Kier molecular flexibility index (Phi) is 8.25. The van der Waals surface area contributed by atoms with Gasteiger partial charge in [-0.2, -0.15) is 0 Å². The molecule has 0 saturated heterocycles. The zero-order valence-electron chi connectivity index (χ0n) is 19.9. The lowest BCUT2D eigenvalue weighted by atomic mass is 9.93. The van der Waals surface area contributed by atoms with E-state index in [4.69, 9.17) is 0 Å². The van der Waals surface area contributed by atoms with Crippen LogP contribution in [-0.4, -0.2) is 43.8 Å². The average Bonchev–Trinajstić information content (AvgIpc) is 3.08. The van der Waals surface area contributed by atoms with E-state index in [0.29, 0.717) is 5.69 Å². The van der Waals surface area contributed by atoms with E-state index >= 15 is 0 Å². The highest BCUT2D eigenvalue weighted by atomic mass is 16.3. The van der Waals surface area contributed by atoms with Gasteiger partial charge < -0.3 is 20.8 Å². The number of aromatic nitrogens is 2. The molecule has 0 bridgehead atoms. The highest BCUT2D eigenvalue weighted by Gasteiger charge is 2.31. The lowest BCUT2D eigenvalue weighted by molar-refractivity contribution is -0.123. The number of pyridine rings is 1. The number of amides is 2. The zero-order chi connectivity index (χ0) is 25.5. The molecule has 0 aliphatic heterocycles. The average molecular weight is 479 g/mol. The topological polar surface area (TPSA) is 144 Å². The summed E-state index contributed by atoms with van der Waals surface area (Å²) in [6.07, 6.45) is 1.57. The Bertz CT molecular complexity index is 1180. The molecule has 3 rings (SSSR count). The van der Waals surface area contributed by atoms with Crippen molar-refractivity contribution < 1.29 is 24.6 Å². The molecule has 0 unspecified atom stereocenters. The van der Waals surface area contributed by atoms with Gasteiger partial charge in [-0.25, -0.2) is 0 Å². The van der Waals surface area contributed by atoms with Crippen molar-refractivity contribution in [1.29, 1.82) is 0 Å². The molecule has 1 aromatic carbocycles. The minimum absolute atomic E-state index is 0.0639. The lowest BCUT2D eigenvalue weighted by Gasteiger charge is -2.24. The lowest BCUT2D eigenvalue weighted by Crippen LogP contribution is -2.45. The number of aromatic hydroxyl groups is 2. The summed E-state index contributed by atoms with van der Waals surface area (Å²) in [5, 5.41) is 25.5. The monoisotopic (exact) mass is 478 g/mol. The highest BCUT2D eigenvalue weighted by Crippen LogP contribution is 2.30. The quantitative estimate of drug-likeness (QED) is 0.283. The molecule has 9 heteroatoms. The van der Waals surface area contributed by atoms with Crippen molar-refractivity contribution in [1.82, 2.24) is 20.6 Å². The van der Waals surface area contributed by atoms with Gasteiger partial charge in [-0.15, -0.1) is 0 Å². The van der Waals surface area contributed by atoms with E-state index in [9.17, 15) is 24.6 Å². The first-order valence-electron chi connectivity index (χ1n) is 11.4. The molecule has 0 fully saturated rings. The Labute approximate surface area is 203 Å². The Morgan fingerprint density at radius 2 is 1.63 bits per heavy atom. The van der Waals surface area contributed by atoms with Gasteiger partial charge in [0.15, 0.2) is 11.7 Å². The second kappa shape index (κ2) is 11.3. The van der Waals surface area contributed by atoms with Gasteiger partial charge in [0.1, 0.15) is 0 Å². The predicted molar refractivity (Wildman–Crippen MR) is 130 cm³/mol. The van der Waals surface area contributed by atoms with E-state index < -0.39 is 29.7 Å². The van der Waals surface area contributed by atoms with Crippen LogP contribution in [0.3, 0.4) is 0 Å². The molecule has 2 aromatic heterocycles. The number of ketones is 1. The Hall–Kier alpha value is -4.14. The summed E-state index contributed by atoms with van der Waals surface area (Å²) < 4.78 is 0. The maximum atomic E-state index is 13.1. The van der Waals surface area contributed by atoms with Crippen molar-refractivity contribution in [3.63, 3.8) is 0 Å². The molecule has 0 radical (unpaired) electrons. The molecule has 184 valence electrons. The molecule has 5 N–H and O–H groups in total. The number of Topliss-reactive ketones (excluding diaryl/α,β-unsaturated/α-hetero) is 1. The maximum absolute atomic E-state index is 13.1. The molecule has 0 spiro atoms. The molecule has 2 atom stereocenters. The largest absolute Gasteiger partial charge is 0.494 e. The van der Waals surface area contributed by atoms with Gasteiger partial charge in [0.2, 0.25) is 17.7 Å². The van der Waals surface area contributed by atoms with Crippen LogP contribution < -0.4 is 10.6 Å². The molecule has 9 nitrogen and oxygen atoms in total. The van der Waals surface area contributed by atoms with Gasteiger partial charge >= 0.3 is 0 Å². The number of nitrogens with one attached hydrogen (secondary N) is 3. The summed E-state index contributed by atoms with van der Waals surface area (Å²) in [6, 6.07) is 12.8. The number of hydrogen-bond acceptors (Lipinski definition) is 6. The predicted octanol–water partition coefficient (Wildman–Crippen LogP) is 2.94. The fourth-order valence-corrected chi connectivity index (χ4v) is 3.82. The van der Waals surface area contributed by atoms with E-state index in [-0.39, 0.29) is 41.7 Å². The van der Waals surface area contributed by atoms with Gasteiger partial charge in [-0.05, 0) is 30.5 Å². The molecule has 0 saturated carbocycles. The van der Waals surface area contributed by atoms with Gasteiger partial charge in [-0.3, -0.25) is 24.4 Å². The summed E-state index contributed by atoms with van der Waals surface area (Å²) in [4.78, 5) is 45.4. The second-order valence-electron chi connectivity index (χ2n) is 8.71. The fourth-order valence-electron chi connectivity index (χ4n) is 3.82. The van der Waals surface area contributed by atoms with Crippen LogP contribution in [0.1, 0.15) is 53.5 Å². The third kappa shape index (κ3) is 6.47. The minimum Gasteiger partial charge on any atom is -0.494 e. The molecule has 35 heavy (non-hydrogen) atoms. The third-order valence-corrected chi connectivity index (χ3v) is 5.71. The number of H-pyrrole nitrogens is 1. The standard InChI is InChI=1S/C26H30N4O5/c1-15(2)23(24(33)22-16(3)25(34)30-26(22)35)29-21(32)14-19(17-9-5-4-6-10-17)28-20(31)13-18-11-7-8-12-27-18/h4-12,15,19,23,30,34-35H,13-14H2,1-3H3,(H,28,31)(H,29,32)/t19-,23+/m0/s1. The zero-order valence-corrected chi connectivity index (χ0v) is 19.9. The molecule has 3 aromatic rings. The normalized spacial score (nSPS) is 12.7. The molecule has 0 aliphatic carbocycles. The smallest absolute Gasteiger partial charge is 0.226 e. The molecule has 0 aliphatic rings. The Morgan fingerprint density at radius 1 is 0.943 bits per heavy atom. The number of carbonyl (C=O) groups excluding carboxylic acids is 3. The van der Waals surface area contributed by atoms with Crippen molar-refractivity contribution in [2.75, 3.05) is 0 Å². The molecular weight excluding hydrogens is 448 g/mol. The van der Waals surface area contributed by atoms with Crippen LogP contribution in [0.4, 0.5) is 0 Å². The molecule has 2 heterocycles. The summed E-state index contributed by atoms with van der Waals surface area (Å²) in [5.74, 6) is -2.30. The van der Waals surface area contributed by atoms with Crippen LogP contribution in [-0.2, 0) is 16.0 Å². The molecular formula is C26H30N4O5. The Balaban J connectivity index is 1.75. The minimum atomic E-state index is -0.942. The number of rotatable bonds is 10. The number of carbonyl (C=O) groups is 3. The number of benzene rings is 1. The highest BCUT2D eigenvalue weighted by molar-refractivity contribution is 6.05. The molecule has 2 amide bonds. The van der Waals surface area contributed by atoms with Crippen LogP contribution >= 0.6 is 0 Å². The summed E-state index contributed by atoms with van der Waals surface area (Å²) in [5.41, 5.74) is 1.49. The number of hydrogen-bond donors (Lipinski definition) is 5.